The highest BCUT2D eigenvalue weighted by atomic mass is 16.4. The van der Waals surface area contributed by atoms with Crippen LogP contribution in [-0.2, 0) is 35.3 Å². The maximum atomic E-state index is 12.4. The number of phenols is 4. The number of hydrogen-bond donors (Lipinski definition) is 8. The number of carboxylic acids is 2. The minimum absolute atomic E-state index is 0.135. The van der Waals surface area contributed by atoms with Crippen molar-refractivity contribution in [2.45, 2.75) is 49.9 Å². The molecule has 0 radical (unpaired) electrons. The van der Waals surface area contributed by atoms with Gasteiger partial charge in [0.05, 0.1) is 13.1 Å². The Morgan fingerprint density at radius 3 is 1.02 bits per heavy atom. The second kappa shape index (κ2) is 18.4. The molecule has 1 fully saturated rings. The summed E-state index contributed by atoms with van der Waals surface area (Å²) in [6, 6.07) is 26.5. The maximum absolute atomic E-state index is 12.4. The van der Waals surface area contributed by atoms with E-state index < -0.39 is 11.9 Å². The van der Waals surface area contributed by atoms with Gasteiger partial charge in [-0.1, -0.05) is 48.5 Å². The van der Waals surface area contributed by atoms with Crippen molar-refractivity contribution in [1.29, 1.82) is 0 Å². The lowest BCUT2D eigenvalue weighted by Crippen LogP contribution is -2.58. The standard InChI is InChI=1S/C40H48N4O8/c45-35-9-1-27(2-10-35)17-31-23-43(25-39(49)50)34(20-30-7-15-38(48)16-8-30)22-42-32(18-28-3-11-36(46)12-4-28)24-44(26-40(51)52)33(21-41-31)19-29-5-13-37(47)14-6-29/h1-16,31-34,41-42,45-48H,17-26H2,(H,49,50)(H,51,52)/t31-,32-,33-,34-/m0/s1. The summed E-state index contributed by atoms with van der Waals surface area (Å²) in [5.74, 6) is -1.38. The molecule has 0 amide bonds. The van der Waals surface area contributed by atoms with Gasteiger partial charge in [0, 0.05) is 50.3 Å². The van der Waals surface area contributed by atoms with Gasteiger partial charge in [0.25, 0.3) is 0 Å². The molecule has 1 aliphatic rings. The van der Waals surface area contributed by atoms with Crippen LogP contribution in [-0.4, -0.2) is 116 Å². The Balaban J connectivity index is 1.54. The first-order valence-electron chi connectivity index (χ1n) is 17.5. The van der Waals surface area contributed by atoms with E-state index in [-0.39, 0.29) is 60.3 Å². The highest BCUT2D eigenvalue weighted by Crippen LogP contribution is 2.20. The first kappa shape index (κ1) is 38.1. The molecule has 0 bridgehead atoms. The van der Waals surface area contributed by atoms with Crippen LogP contribution in [0.15, 0.2) is 97.1 Å². The molecule has 8 N–H and O–H groups in total. The Morgan fingerprint density at radius 1 is 0.481 bits per heavy atom. The van der Waals surface area contributed by atoms with Gasteiger partial charge < -0.3 is 41.3 Å². The van der Waals surface area contributed by atoms with Crippen LogP contribution in [0.4, 0.5) is 0 Å². The van der Waals surface area contributed by atoms with E-state index in [2.05, 4.69) is 10.6 Å². The summed E-state index contributed by atoms with van der Waals surface area (Å²) < 4.78 is 0. The van der Waals surface area contributed by atoms with Crippen molar-refractivity contribution < 1.29 is 40.2 Å². The molecule has 0 unspecified atom stereocenters. The fourth-order valence-corrected chi connectivity index (χ4v) is 6.91. The average molecular weight is 713 g/mol. The van der Waals surface area contributed by atoms with Crippen LogP contribution < -0.4 is 10.6 Å². The minimum Gasteiger partial charge on any atom is -0.508 e. The van der Waals surface area contributed by atoms with E-state index in [9.17, 15) is 40.2 Å². The quantitative estimate of drug-likeness (QED) is 0.107. The number of phenolic OH excluding ortho intramolecular Hbond substituents is 4. The van der Waals surface area contributed by atoms with Crippen LogP contribution >= 0.6 is 0 Å². The topological polar surface area (TPSA) is 186 Å². The maximum Gasteiger partial charge on any atom is 0.317 e. The van der Waals surface area contributed by atoms with Crippen LogP contribution in [0, 0.1) is 0 Å². The first-order valence-corrected chi connectivity index (χ1v) is 17.5. The van der Waals surface area contributed by atoms with Gasteiger partial charge in [0.2, 0.25) is 0 Å². The van der Waals surface area contributed by atoms with Gasteiger partial charge in [0.15, 0.2) is 0 Å². The molecule has 5 rings (SSSR count). The van der Waals surface area contributed by atoms with Crippen molar-refractivity contribution >= 4 is 11.9 Å². The van der Waals surface area contributed by atoms with Gasteiger partial charge in [-0.25, -0.2) is 0 Å². The van der Waals surface area contributed by atoms with Crippen LogP contribution in [0.1, 0.15) is 22.3 Å². The van der Waals surface area contributed by atoms with Gasteiger partial charge >= 0.3 is 11.9 Å². The molecule has 0 saturated carbocycles. The molecule has 52 heavy (non-hydrogen) atoms. The monoisotopic (exact) mass is 712 g/mol. The number of nitrogens with one attached hydrogen (secondary N) is 2. The zero-order valence-electron chi connectivity index (χ0n) is 29.0. The highest BCUT2D eigenvalue weighted by Gasteiger charge is 2.30. The van der Waals surface area contributed by atoms with Gasteiger partial charge in [0.1, 0.15) is 23.0 Å². The number of carbonyl (C=O) groups is 2. The summed E-state index contributed by atoms with van der Waals surface area (Å²) in [5, 5.41) is 67.4. The van der Waals surface area contributed by atoms with Crippen LogP contribution in [0.2, 0.25) is 0 Å². The molecule has 4 aromatic rings. The van der Waals surface area contributed by atoms with E-state index >= 15 is 0 Å². The van der Waals surface area contributed by atoms with Crippen LogP contribution in [0.25, 0.3) is 0 Å². The Labute approximate surface area is 303 Å². The zero-order chi connectivity index (χ0) is 37.0. The number of rotatable bonds is 12. The Kier molecular flexibility index (Phi) is 13.5. The number of carboxylic acid groups (broad SMARTS) is 2. The molecule has 276 valence electrons. The Hall–Kier alpha value is -5.14. The number of aliphatic carboxylic acids is 2. The second-order valence-corrected chi connectivity index (χ2v) is 13.6. The predicted molar refractivity (Wildman–Crippen MR) is 197 cm³/mol. The zero-order valence-corrected chi connectivity index (χ0v) is 29.0. The van der Waals surface area contributed by atoms with Crippen molar-refractivity contribution in [3.05, 3.63) is 119 Å². The van der Waals surface area contributed by atoms with E-state index in [1.54, 1.807) is 48.5 Å². The molecule has 0 spiro atoms. The second-order valence-electron chi connectivity index (χ2n) is 13.6. The first-order chi connectivity index (χ1) is 25.0. The van der Waals surface area contributed by atoms with Gasteiger partial charge in [-0.15, -0.1) is 0 Å². The third-order valence-corrected chi connectivity index (χ3v) is 9.56. The van der Waals surface area contributed by atoms with Crippen LogP contribution in [0.3, 0.4) is 0 Å². The number of aromatic hydroxyl groups is 4. The smallest absolute Gasteiger partial charge is 0.317 e. The third-order valence-electron chi connectivity index (χ3n) is 9.56. The lowest BCUT2D eigenvalue weighted by Gasteiger charge is -2.40. The number of nitrogens with zero attached hydrogens (tertiary/aromatic N) is 2. The molecule has 4 aromatic carbocycles. The molecular weight excluding hydrogens is 664 g/mol. The van der Waals surface area contributed by atoms with Crippen molar-refractivity contribution in [1.82, 2.24) is 20.4 Å². The largest absolute Gasteiger partial charge is 0.508 e. The van der Waals surface area contributed by atoms with Crippen LogP contribution in [0.5, 0.6) is 23.0 Å². The number of hydrogen-bond acceptors (Lipinski definition) is 10. The molecule has 0 aromatic heterocycles. The molecule has 1 aliphatic heterocycles. The fourth-order valence-electron chi connectivity index (χ4n) is 6.91. The highest BCUT2D eigenvalue weighted by molar-refractivity contribution is 5.69. The summed E-state index contributed by atoms with van der Waals surface area (Å²) in [6.45, 7) is 1.03. The van der Waals surface area contributed by atoms with E-state index in [1.807, 2.05) is 58.3 Å². The third kappa shape index (κ3) is 12.0. The lowest BCUT2D eigenvalue weighted by atomic mass is 9.97. The average Bonchev–Trinajstić information content (AvgIpc) is 3.10. The van der Waals surface area contributed by atoms with E-state index in [1.165, 1.54) is 0 Å². The molecule has 0 aliphatic carbocycles. The van der Waals surface area contributed by atoms with Crippen molar-refractivity contribution in [2.24, 2.45) is 0 Å². The normalized spacial score (nSPS) is 20.8. The molecular formula is C40H48N4O8. The predicted octanol–water partition coefficient (Wildman–Crippen LogP) is 3.22. The summed E-state index contributed by atoms with van der Waals surface area (Å²) in [4.78, 5) is 28.7. The van der Waals surface area contributed by atoms with Crippen molar-refractivity contribution in [2.75, 3.05) is 39.3 Å². The Morgan fingerprint density at radius 2 is 0.750 bits per heavy atom. The molecule has 4 atom stereocenters. The lowest BCUT2D eigenvalue weighted by molar-refractivity contribution is -0.139. The summed E-state index contributed by atoms with van der Waals surface area (Å²) in [6.07, 6.45) is 2.01. The number of benzene rings is 4. The summed E-state index contributed by atoms with van der Waals surface area (Å²) in [5.41, 5.74) is 3.73. The fraction of sp³-hybridized carbons (Fsp3) is 0.350. The van der Waals surface area contributed by atoms with Gasteiger partial charge in [-0.3, -0.25) is 19.4 Å². The SMILES string of the molecule is O=C(O)CN1C[C@H](Cc2ccc(O)cc2)NC[C@H](Cc2ccc(O)cc2)N(CC(=O)O)C[C@H](Cc2ccc(O)cc2)NC[C@@H]1Cc1ccc(O)cc1. The molecule has 12 heteroatoms. The van der Waals surface area contributed by atoms with Gasteiger partial charge in [-0.2, -0.15) is 0 Å². The van der Waals surface area contributed by atoms with E-state index in [0.29, 0.717) is 51.9 Å². The van der Waals surface area contributed by atoms with Crippen molar-refractivity contribution in [3.63, 3.8) is 0 Å². The van der Waals surface area contributed by atoms with Gasteiger partial charge in [-0.05, 0) is 96.5 Å². The van der Waals surface area contributed by atoms with E-state index in [4.69, 9.17) is 0 Å². The minimum atomic E-state index is -0.968. The molecule has 12 nitrogen and oxygen atoms in total. The van der Waals surface area contributed by atoms with Crippen molar-refractivity contribution in [3.8, 4) is 23.0 Å². The molecule has 1 saturated heterocycles. The molecule has 1 heterocycles. The van der Waals surface area contributed by atoms with E-state index in [0.717, 1.165) is 22.3 Å². The Bertz CT molecular complexity index is 1590. The summed E-state index contributed by atoms with van der Waals surface area (Å²) >= 11 is 0. The summed E-state index contributed by atoms with van der Waals surface area (Å²) in [7, 11) is 0.